The normalized spacial score (nSPS) is 19.7. The third kappa shape index (κ3) is 2.04. The lowest BCUT2D eigenvalue weighted by Gasteiger charge is -2.25. The van der Waals surface area contributed by atoms with Crippen molar-refractivity contribution >= 4 is 5.91 Å². The largest absolute Gasteiger partial charge is 0.454 e. The molecule has 1 unspecified atom stereocenters. The molecule has 1 aromatic heterocycles. The van der Waals surface area contributed by atoms with Crippen molar-refractivity contribution in [1.82, 2.24) is 9.88 Å². The summed E-state index contributed by atoms with van der Waals surface area (Å²) >= 11 is 0. The number of carbonyl (C=O) groups is 1. The number of hydrogen-bond donors (Lipinski definition) is 1. The van der Waals surface area contributed by atoms with Gasteiger partial charge in [-0.2, -0.15) is 0 Å². The fourth-order valence-electron chi connectivity index (χ4n) is 3.30. The zero-order valence-electron chi connectivity index (χ0n) is 12.5. The zero-order valence-corrected chi connectivity index (χ0v) is 12.5. The van der Waals surface area contributed by atoms with Crippen LogP contribution in [-0.2, 0) is 0 Å². The number of aromatic amines is 1. The molecule has 2 aliphatic heterocycles. The Bertz CT molecular complexity index is 722. The van der Waals surface area contributed by atoms with Gasteiger partial charge in [-0.25, -0.2) is 0 Å². The molecular weight excluding hydrogens is 280 g/mol. The maximum atomic E-state index is 12.8. The highest BCUT2D eigenvalue weighted by Gasteiger charge is 2.32. The van der Waals surface area contributed by atoms with E-state index in [4.69, 9.17) is 9.47 Å². The maximum Gasteiger partial charge on any atom is 0.271 e. The topological polar surface area (TPSA) is 54.6 Å². The van der Waals surface area contributed by atoms with Crippen molar-refractivity contribution in [3.63, 3.8) is 0 Å². The first kappa shape index (κ1) is 13.2. The first-order chi connectivity index (χ1) is 10.7. The molecule has 0 saturated carbocycles. The molecule has 2 aliphatic rings. The van der Waals surface area contributed by atoms with Crippen LogP contribution < -0.4 is 9.47 Å². The number of aryl methyl sites for hydroxylation is 1. The predicted octanol–water partition coefficient (Wildman–Crippen LogP) is 3.03. The van der Waals surface area contributed by atoms with Crippen LogP contribution in [0.3, 0.4) is 0 Å². The second-order valence-electron chi connectivity index (χ2n) is 5.80. The number of nitrogens with one attached hydrogen (secondary N) is 1. The number of H-pyrrole nitrogens is 1. The van der Waals surface area contributed by atoms with E-state index in [9.17, 15) is 4.79 Å². The lowest BCUT2D eigenvalue weighted by atomic mass is 10.0. The van der Waals surface area contributed by atoms with Gasteiger partial charge in [-0.15, -0.1) is 0 Å². The van der Waals surface area contributed by atoms with Crippen LogP contribution in [0.4, 0.5) is 0 Å². The highest BCUT2D eigenvalue weighted by Crippen LogP contribution is 2.39. The minimum atomic E-state index is 0.0719. The summed E-state index contributed by atoms with van der Waals surface area (Å²) in [4.78, 5) is 17.8. The molecule has 1 atom stereocenters. The van der Waals surface area contributed by atoms with Gasteiger partial charge in [0.05, 0.1) is 6.04 Å². The highest BCUT2D eigenvalue weighted by molar-refractivity contribution is 5.94. The first-order valence-electron chi connectivity index (χ1n) is 7.58. The number of aromatic nitrogens is 1. The van der Waals surface area contributed by atoms with Crippen LogP contribution in [0.1, 0.15) is 40.5 Å². The van der Waals surface area contributed by atoms with E-state index in [1.807, 2.05) is 42.3 Å². The molecule has 0 aliphatic carbocycles. The molecule has 1 N–H and O–H groups in total. The first-order valence-corrected chi connectivity index (χ1v) is 7.58. The van der Waals surface area contributed by atoms with Gasteiger partial charge in [0.25, 0.3) is 5.91 Å². The second kappa shape index (κ2) is 5.09. The molecule has 5 nitrogen and oxygen atoms in total. The fourth-order valence-corrected chi connectivity index (χ4v) is 3.30. The van der Waals surface area contributed by atoms with Gasteiger partial charge in [-0.05, 0) is 49.1 Å². The Morgan fingerprint density at radius 1 is 1.27 bits per heavy atom. The van der Waals surface area contributed by atoms with Gasteiger partial charge in [-0.3, -0.25) is 4.79 Å². The van der Waals surface area contributed by atoms with Crippen LogP contribution in [0, 0.1) is 6.92 Å². The average Bonchev–Trinajstić information content (AvgIpc) is 3.25. The molecule has 1 amide bonds. The third-order valence-corrected chi connectivity index (χ3v) is 4.46. The predicted molar refractivity (Wildman–Crippen MR) is 81.1 cm³/mol. The molecule has 3 heterocycles. The fraction of sp³-hybridized carbons (Fsp3) is 0.353. The Balaban J connectivity index is 1.64. The molecule has 0 radical (unpaired) electrons. The van der Waals surface area contributed by atoms with Crippen molar-refractivity contribution in [2.45, 2.75) is 25.8 Å². The molecule has 114 valence electrons. The van der Waals surface area contributed by atoms with Crippen molar-refractivity contribution in [3.8, 4) is 11.5 Å². The summed E-state index contributed by atoms with van der Waals surface area (Å²) < 4.78 is 10.8. The van der Waals surface area contributed by atoms with E-state index >= 15 is 0 Å². The number of ether oxygens (including phenoxy) is 2. The number of amides is 1. The van der Waals surface area contributed by atoms with Crippen LogP contribution in [0.2, 0.25) is 0 Å². The molecule has 22 heavy (non-hydrogen) atoms. The quantitative estimate of drug-likeness (QED) is 0.927. The van der Waals surface area contributed by atoms with Crippen LogP contribution in [0.5, 0.6) is 11.5 Å². The lowest BCUT2D eigenvalue weighted by Crippen LogP contribution is -2.31. The lowest BCUT2D eigenvalue weighted by molar-refractivity contribution is 0.0729. The second-order valence-corrected chi connectivity index (χ2v) is 5.80. The minimum Gasteiger partial charge on any atom is -0.454 e. The summed E-state index contributed by atoms with van der Waals surface area (Å²) in [7, 11) is 0. The van der Waals surface area contributed by atoms with Crippen molar-refractivity contribution < 1.29 is 14.3 Å². The summed E-state index contributed by atoms with van der Waals surface area (Å²) in [6.45, 7) is 3.01. The van der Waals surface area contributed by atoms with Crippen LogP contribution >= 0.6 is 0 Å². The molecule has 5 heteroatoms. The number of benzene rings is 1. The Morgan fingerprint density at radius 2 is 2.14 bits per heavy atom. The van der Waals surface area contributed by atoms with E-state index in [-0.39, 0.29) is 18.7 Å². The van der Waals surface area contributed by atoms with Crippen molar-refractivity contribution in [2.24, 2.45) is 0 Å². The van der Waals surface area contributed by atoms with Crippen LogP contribution in [-0.4, -0.2) is 29.1 Å². The third-order valence-electron chi connectivity index (χ3n) is 4.46. The molecule has 4 rings (SSSR count). The van der Waals surface area contributed by atoms with Crippen LogP contribution in [0.15, 0.2) is 30.5 Å². The summed E-state index contributed by atoms with van der Waals surface area (Å²) in [6, 6.07) is 7.99. The van der Waals surface area contributed by atoms with Crippen molar-refractivity contribution in [3.05, 3.63) is 47.3 Å². The number of likely N-dealkylation sites (tertiary alicyclic amines) is 1. The van der Waals surface area contributed by atoms with Gasteiger partial charge in [0.2, 0.25) is 6.79 Å². The number of nitrogens with zero attached hydrogens (tertiary/aromatic N) is 1. The highest BCUT2D eigenvalue weighted by atomic mass is 16.7. The Kier molecular flexibility index (Phi) is 3.06. The van der Waals surface area contributed by atoms with Gasteiger partial charge in [0, 0.05) is 12.7 Å². The van der Waals surface area contributed by atoms with E-state index in [2.05, 4.69) is 4.98 Å². The SMILES string of the molecule is Cc1cc[nH]c1C(=O)N1CCCC1c1ccc2c(c1)OCO2. The van der Waals surface area contributed by atoms with Gasteiger partial charge in [0.15, 0.2) is 11.5 Å². The van der Waals surface area contributed by atoms with E-state index in [1.54, 1.807) is 0 Å². The van der Waals surface area contributed by atoms with Gasteiger partial charge >= 0.3 is 0 Å². The number of rotatable bonds is 2. The van der Waals surface area contributed by atoms with E-state index in [0.717, 1.165) is 42.0 Å². The van der Waals surface area contributed by atoms with Gasteiger partial charge in [-0.1, -0.05) is 6.07 Å². The molecular formula is C17H18N2O3. The summed E-state index contributed by atoms with van der Waals surface area (Å²) in [5.74, 6) is 1.62. The molecule has 0 spiro atoms. The molecule has 2 aromatic rings. The van der Waals surface area contributed by atoms with Gasteiger partial charge < -0.3 is 19.4 Å². The smallest absolute Gasteiger partial charge is 0.271 e. The summed E-state index contributed by atoms with van der Waals surface area (Å²) in [5, 5.41) is 0. The van der Waals surface area contributed by atoms with Crippen molar-refractivity contribution in [1.29, 1.82) is 0 Å². The van der Waals surface area contributed by atoms with Gasteiger partial charge in [0.1, 0.15) is 5.69 Å². The van der Waals surface area contributed by atoms with E-state index < -0.39 is 0 Å². The number of carbonyl (C=O) groups excluding carboxylic acids is 1. The average molecular weight is 298 g/mol. The molecule has 1 aromatic carbocycles. The minimum absolute atomic E-state index is 0.0719. The zero-order chi connectivity index (χ0) is 15.1. The molecule has 1 fully saturated rings. The van der Waals surface area contributed by atoms with Crippen LogP contribution in [0.25, 0.3) is 0 Å². The Labute approximate surface area is 128 Å². The Hall–Kier alpha value is -2.43. The number of hydrogen-bond acceptors (Lipinski definition) is 3. The molecule has 1 saturated heterocycles. The van der Waals surface area contributed by atoms with E-state index in [0.29, 0.717) is 5.69 Å². The molecule has 0 bridgehead atoms. The monoisotopic (exact) mass is 298 g/mol. The van der Waals surface area contributed by atoms with Crippen molar-refractivity contribution in [2.75, 3.05) is 13.3 Å². The summed E-state index contributed by atoms with van der Waals surface area (Å²) in [6.07, 6.45) is 3.81. The summed E-state index contributed by atoms with van der Waals surface area (Å²) in [5.41, 5.74) is 2.79. The standard InChI is InChI=1S/C17H18N2O3/c1-11-6-7-18-16(11)17(20)19-8-2-3-13(19)12-4-5-14-15(9-12)22-10-21-14/h4-7,9,13,18H,2-3,8,10H2,1H3. The maximum absolute atomic E-state index is 12.8. The number of fused-ring (bicyclic) bond motifs is 1. The Morgan fingerprint density at radius 3 is 2.95 bits per heavy atom. The van der Waals surface area contributed by atoms with E-state index in [1.165, 1.54) is 0 Å².